The molecule has 0 atom stereocenters. The van der Waals surface area contributed by atoms with Gasteiger partial charge in [0.25, 0.3) is 0 Å². The molecule has 1 saturated carbocycles. The lowest BCUT2D eigenvalue weighted by molar-refractivity contribution is 0.0697. The van der Waals surface area contributed by atoms with E-state index in [9.17, 15) is 9.90 Å². The second-order valence-corrected chi connectivity index (χ2v) is 8.01. The van der Waals surface area contributed by atoms with Crippen LogP contribution in [0, 0.1) is 0 Å². The number of carboxylic acids is 1. The van der Waals surface area contributed by atoms with E-state index >= 15 is 0 Å². The SMILES string of the molecule is O=C(O)c1ccc2c(C3CCCCC3)c3n(c2c1)CCCC1=C3C=CC1. The highest BCUT2D eigenvalue weighted by Gasteiger charge is 2.30. The Hall–Kier alpha value is -2.29. The van der Waals surface area contributed by atoms with Crippen LogP contribution in [-0.4, -0.2) is 15.6 Å². The molecule has 134 valence electrons. The molecule has 3 nitrogen and oxygen atoms in total. The van der Waals surface area contributed by atoms with Gasteiger partial charge in [-0.3, -0.25) is 0 Å². The monoisotopic (exact) mass is 347 g/mol. The van der Waals surface area contributed by atoms with Crippen LogP contribution in [0.5, 0.6) is 0 Å². The lowest BCUT2D eigenvalue weighted by atomic mass is 9.81. The van der Waals surface area contributed by atoms with Crippen LogP contribution in [0.15, 0.2) is 35.9 Å². The van der Waals surface area contributed by atoms with Crippen molar-refractivity contribution < 1.29 is 9.90 Å². The highest BCUT2D eigenvalue weighted by Crippen LogP contribution is 2.46. The van der Waals surface area contributed by atoms with Gasteiger partial charge in [-0.1, -0.05) is 43.1 Å². The molecule has 2 aliphatic carbocycles. The van der Waals surface area contributed by atoms with Gasteiger partial charge in [0.1, 0.15) is 0 Å². The summed E-state index contributed by atoms with van der Waals surface area (Å²) in [5.41, 5.74) is 7.41. The molecule has 5 rings (SSSR count). The van der Waals surface area contributed by atoms with Crippen LogP contribution in [0.4, 0.5) is 0 Å². The topological polar surface area (TPSA) is 42.2 Å². The van der Waals surface area contributed by atoms with E-state index in [0.29, 0.717) is 11.5 Å². The second kappa shape index (κ2) is 6.15. The summed E-state index contributed by atoms with van der Waals surface area (Å²) >= 11 is 0. The van der Waals surface area contributed by atoms with Crippen LogP contribution in [-0.2, 0) is 6.54 Å². The lowest BCUT2D eigenvalue weighted by Gasteiger charge is -2.23. The van der Waals surface area contributed by atoms with E-state index in [2.05, 4.69) is 22.8 Å². The van der Waals surface area contributed by atoms with Crippen LogP contribution < -0.4 is 0 Å². The Morgan fingerprint density at radius 3 is 2.77 bits per heavy atom. The Bertz CT molecular complexity index is 954. The largest absolute Gasteiger partial charge is 0.478 e. The Labute approximate surface area is 154 Å². The summed E-state index contributed by atoms with van der Waals surface area (Å²) in [6.07, 6.45) is 14.5. The molecule has 1 aliphatic heterocycles. The maximum atomic E-state index is 11.5. The molecule has 0 unspecified atom stereocenters. The molecule has 1 aromatic heterocycles. The van der Waals surface area contributed by atoms with Crippen LogP contribution >= 0.6 is 0 Å². The Balaban J connectivity index is 1.81. The summed E-state index contributed by atoms with van der Waals surface area (Å²) in [4.78, 5) is 11.5. The summed E-state index contributed by atoms with van der Waals surface area (Å²) in [5, 5.41) is 10.8. The van der Waals surface area contributed by atoms with Crippen molar-refractivity contribution in [3.8, 4) is 0 Å². The number of carbonyl (C=O) groups is 1. The van der Waals surface area contributed by atoms with Gasteiger partial charge in [-0.2, -0.15) is 0 Å². The maximum Gasteiger partial charge on any atom is 0.335 e. The van der Waals surface area contributed by atoms with Gasteiger partial charge in [-0.15, -0.1) is 0 Å². The number of rotatable bonds is 2. The number of fused-ring (bicyclic) bond motifs is 4. The van der Waals surface area contributed by atoms with Crippen molar-refractivity contribution in [2.24, 2.45) is 0 Å². The molecule has 1 aromatic carbocycles. The van der Waals surface area contributed by atoms with E-state index in [1.807, 2.05) is 6.07 Å². The van der Waals surface area contributed by atoms with Crippen LogP contribution in [0.3, 0.4) is 0 Å². The minimum Gasteiger partial charge on any atom is -0.478 e. The van der Waals surface area contributed by atoms with Crippen molar-refractivity contribution in [3.05, 3.63) is 52.7 Å². The Morgan fingerprint density at radius 2 is 1.96 bits per heavy atom. The number of hydrogen-bond donors (Lipinski definition) is 1. The van der Waals surface area contributed by atoms with Gasteiger partial charge in [0, 0.05) is 17.4 Å². The zero-order valence-corrected chi connectivity index (χ0v) is 15.1. The second-order valence-electron chi connectivity index (χ2n) is 8.01. The molecule has 0 spiro atoms. The number of nitrogens with zero attached hydrogens (tertiary/aromatic N) is 1. The third-order valence-corrected chi connectivity index (χ3v) is 6.51. The summed E-state index contributed by atoms with van der Waals surface area (Å²) in [7, 11) is 0. The molecule has 2 aromatic rings. The van der Waals surface area contributed by atoms with Crippen molar-refractivity contribution in [3.63, 3.8) is 0 Å². The van der Waals surface area contributed by atoms with Crippen LogP contribution in [0.2, 0.25) is 0 Å². The molecule has 3 aliphatic rings. The molecule has 3 heteroatoms. The molecule has 0 amide bonds. The van der Waals surface area contributed by atoms with Gasteiger partial charge in [0.05, 0.1) is 11.3 Å². The first-order valence-corrected chi connectivity index (χ1v) is 10.0. The number of carboxylic acid groups (broad SMARTS) is 1. The van der Waals surface area contributed by atoms with Gasteiger partial charge in [-0.05, 0) is 61.3 Å². The first-order chi connectivity index (χ1) is 12.7. The minimum absolute atomic E-state index is 0.397. The highest BCUT2D eigenvalue weighted by atomic mass is 16.4. The van der Waals surface area contributed by atoms with Crippen molar-refractivity contribution in [2.45, 2.75) is 63.8 Å². The molecule has 1 N–H and O–H groups in total. The van der Waals surface area contributed by atoms with Crippen molar-refractivity contribution in [1.82, 2.24) is 4.57 Å². The van der Waals surface area contributed by atoms with Gasteiger partial charge in [0.15, 0.2) is 0 Å². The number of aromatic carboxylic acids is 1. The fourth-order valence-corrected chi connectivity index (χ4v) is 5.32. The first kappa shape index (κ1) is 15.9. The van der Waals surface area contributed by atoms with Gasteiger partial charge in [0.2, 0.25) is 0 Å². The third-order valence-electron chi connectivity index (χ3n) is 6.51. The third kappa shape index (κ3) is 2.37. The smallest absolute Gasteiger partial charge is 0.335 e. The standard InChI is InChI=1S/C23H25NO2/c25-23(26)17-11-12-19-20(14-17)24-13-5-9-15-8-4-10-18(15)22(24)21(19)16-6-2-1-3-7-16/h4,10-12,14,16H,1-3,5-9,13H2,(H,25,26). The number of aryl methyl sites for hydroxylation is 1. The van der Waals surface area contributed by atoms with E-state index in [-0.39, 0.29) is 0 Å². The molecule has 26 heavy (non-hydrogen) atoms. The number of hydrogen-bond acceptors (Lipinski definition) is 1. The summed E-state index contributed by atoms with van der Waals surface area (Å²) in [6, 6.07) is 5.76. The van der Waals surface area contributed by atoms with E-state index in [4.69, 9.17) is 0 Å². The zero-order valence-electron chi connectivity index (χ0n) is 15.1. The van der Waals surface area contributed by atoms with Crippen molar-refractivity contribution in [1.29, 1.82) is 0 Å². The molecule has 0 bridgehead atoms. The van der Waals surface area contributed by atoms with Crippen molar-refractivity contribution >= 4 is 22.4 Å². The average molecular weight is 347 g/mol. The van der Waals surface area contributed by atoms with Crippen molar-refractivity contribution in [2.75, 3.05) is 0 Å². The van der Waals surface area contributed by atoms with E-state index in [0.717, 1.165) is 31.3 Å². The van der Waals surface area contributed by atoms with Gasteiger partial charge >= 0.3 is 5.97 Å². The number of aromatic nitrogens is 1. The average Bonchev–Trinajstić information content (AvgIpc) is 3.20. The lowest BCUT2D eigenvalue weighted by Crippen LogP contribution is -2.08. The van der Waals surface area contributed by atoms with Crippen LogP contribution in [0.25, 0.3) is 16.5 Å². The fourth-order valence-electron chi connectivity index (χ4n) is 5.32. The molecular weight excluding hydrogens is 322 g/mol. The van der Waals surface area contributed by atoms with E-state index in [1.54, 1.807) is 11.6 Å². The summed E-state index contributed by atoms with van der Waals surface area (Å²) in [6.45, 7) is 0.989. The predicted octanol–water partition coefficient (Wildman–Crippen LogP) is 5.89. The molecule has 0 radical (unpaired) electrons. The Morgan fingerprint density at radius 1 is 1.12 bits per heavy atom. The maximum absolute atomic E-state index is 11.5. The zero-order chi connectivity index (χ0) is 17.7. The molecular formula is C23H25NO2. The minimum atomic E-state index is -0.837. The Kier molecular flexibility index (Phi) is 3.77. The fraction of sp³-hybridized carbons (Fsp3) is 0.435. The molecule has 2 heterocycles. The first-order valence-electron chi connectivity index (χ1n) is 10.0. The number of allylic oxidation sites excluding steroid dienone is 4. The summed E-state index contributed by atoms with van der Waals surface area (Å²) < 4.78 is 2.43. The summed E-state index contributed by atoms with van der Waals surface area (Å²) in [5.74, 6) is -0.227. The highest BCUT2D eigenvalue weighted by molar-refractivity contribution is 5.98. The quantitative estimate of drug-likeness (QED) is 0.735. The molecule has 1 fully saturated rings. The van der Waals surface area contributed by atoms with Gasteiger partial charge in [-0.25, -0.2) is 4.79 Å². The predicted molar refractivity (Wildman–Crippen MR) is 105 cm³/mol. The normalized spacial score (nSPS) is 20.3. The van der Waals surface area contributed by atoms with E-state index < -0.39 is 5.97 Å². The van der Waals surface area contributed by atoms with Gasteiger partial charge < -0.3 is 9.67 Å². The molecule has 0 saturated heterocycles. The van der Waals surface area contributed by atoms with E-state index in [1.165, 1.54) is 54.3 Å². The number of benzene rings is 1. The van der Waals surface area contributed by atoms with Crippen LogP contribution in [0.1, 0.15) is 78.9 Å².